The smallest absolute Gasteiger partial charge is 0.278 e. The van der Waals surface area contributed by atoms with E-state index in [0.717, 1.165) is 0 Å². The summed E-state index contributed by atoms with van der Waals surface area (Å²) in [4.78, 5) is 26.9. The molecule has 0 bridgehead atoms. The second kappa shape index (κ2) is 7.95. The number of rotatable bonds is 7. The third-order valence-electron chi connectivity index (χ3n) is 4.28. The van der Waals surface area contributed by atoms with Gasteiger partial charge in [-0.05, 0) is 43.7 Å². The molecule has 1 heterocycles. The number of anilines is 1. The number of nitrogens with one attached hydrogen (secondary N) is 1. The minimum atomic E-state index is -0.338. The van der Waals surface area contributed by atoms with Crippen LogP contribution in [0, 0.1) is 0 Å². The van der Waals surface area contributed by atoms with E-state index in [4.69, 9.17) is 9.47 Å². The Labute approximate surface area is 158 Å². The molecule has 0 unspecified atom stereocenters. The molecular weight excluding hydrogens is 344 g/mol. The summed E-state index contributed by atoms with van der Waals surface area (Å²) in [5.74, 6) is 0.729. The predicted molar refractivity (Wildman–Crippen MR) is 104 cm³/mol. The van der Waals surface area contributed by atoms with Gasteiger partial charge in [-0.25, -0.2) is 0 Å². The Kier molecular flexibility index (Phi) is 5.45. The van der Waals surface area contributed by atoms with Gasteiger partial charge in [-0.15, -0.1) is 0 Å². The van der Waals surface area contributed by atoms with E-state index in [1.165, 1.54) is 4.90 Å². The summed E-state index contributed by atoms with van der Waals surface area (Å²) >= 11 is 0. The maximum Gasteiger partial charge on any atom is 0.278 e. The fraction of sp³-hybridized carbons (Fsp3) is 0.238. The molecule has 0 saturated heterocycles. The number of likely N-dealkylation sites (N-methyl/N-ethyl adjacent to an activating group) is 1. The molecule has 1 N–H and O–H groups in total. The Hall–Kier alpha value is -3.28. The molecule has 1 aliphatic rings. The van der Waals surface area contributed by atoms with E-state index in [-0.39, 0.29) is 17.5 Å². The van der Waals surface area contributed by atoms with Gasteiger partial charge in [-0.2, -0.15) is 0 Å². The topological polar surface area (TPSA) is 67.9 Å². The van der Waals surface area contributed by atoms with Gasteiger partial charge in [-0.3, -0.25) is 14.5 Å². The van der Waals surface area contributed by atoms with Crippen LogP contribution in [-0.2, 0) is 9.59 Å². The van der Waals surface area contributed by atoms with Gasteiger partial charge in [0.05, 0.1) is 19.3 Å². The summed E-state index contributed by atoms with van der Waals surface area (Å²) in [5, 5.41) is 3.12. The lowest BCUT2D eigenvalue weighted by Gasteiger charge is -2.12. The molecule has 0 saturated carbocycles. The van der Waals surface area contributed by atoms with Crippen molar-refractivity contribution < 1.29 is 19.1 Å². The molecule has 0 radical (unpaired) electrons. The molecule has 2 aromatic carbocycles. The molecule has 2 amide bonds. The normalized spacial score (nSPS) is 14.0. The number of nitrogens with zero attached hydrogens (tertiary/aromatic N) is 1. The maximum atomic E-state index is 12.8. The van der Waals surface area contributed by atoms with Gasteiger partial charge in [0.1, 0.15) is 17.2 Å². The average molecular weight is 366 g/mol. The van der Waals surface area contributed by atoms with Crippen LogP contribution in [0.3, 0.4) is 0 Å². The van der Waals surface area contributed by atoms with E-state index in [9.17, 15) is 9.59 Å². The fourth-order valence-electron chi connectivity index (χ4n) is 2.98. The number of imide groups is 1. The molecule has 27 heavy (non-hydrogen) atoms. The SMILES string of the molecule is CCOc1cccc(NC2=C(c3ccc(OC)cc3)C(=O)N(CC)C2=O)c1. The van der Waals surface area contributed by atoms with Gasteiger partial charge in [-0.1, -0.05) is 18.2 Å². The lowest BCUT2D eigenvalue weighted by atomic mass is 10.0. The van der Waals surface area contributed by atoms with Crippen LogP contribution in [0.2, 0.25) is 0 Å². The van der Waals surface area contributed by atoms with Gasteiger partial charge in [0.2, 0.25) is 0 Å². The lowest BCUT2D eigenvalue weighted by Crippen LogP contribution is -2.32. The molecule has 0 atom stereocenters. The van der Waals surface area contributed by atoms with Crippen molar-refractivity contribution in [3.05, 3.63) is 59.8 Å². The van der Waals surface area contributed by atoms with Crippen molar-refractivity contribution in [1.82, 2.24) is 4.90 Å². The predicted octanol–water partition coefficient (Wildman–Crippen LogP) is 3.31. The van der Waals surface area contributed by atoms with Crippen LogP contribution in [0.4, 0.5) is 5.69 Å². The summed E-state index contributed by atoms with van der Waals surface area (Å²) in [5.41, 5.74) is 1.96. The number of ether oxygens (including phenoxy) is 2. The maximum absolute atomic E-state index is 12.8. The van der Waals surface area contributed by atoms with Crippen LogP contribution in [0.15, 0.2) is 54.2 Å². The zero-order chi connectivity index (χ0) is 19.4. The number of carbonyl (C=O) groups excluding carboxylic acids is 2. The first kappa shape index (κ1) is 18.5. The van der Waals surface area contributed by atoms with E-state index < -0.39 is 0 Å². The van der Waals surface area contributed by atoms with Crippen molar-refractivity contribution in [1.29, 1.82) is 0 Å². The highest BCUT2D eigenvalue weighted by atomic mass is 16.5. The van der Waals surface area contributed by atoms with E-state index in [1.807, 2.05) is 25.1 Å². The first-order chi connectivity index (χ1) is 13.1. The average Bonchev–Trinajstić information content (AvgIpc) is 2.92. The van der Waals surface area contributed by atoms with Crippen LogP contribution in [0.5, 0.6) is 11.5 Å². The molecule has 0 fully saturated rings. The number of carbonyl (C=O) groups is 2. The van der Waals surface area contributed by atoms with Crippen LogP contribution in [0.1, 0.15) is 19.4 Å². The van der Waals surface area contributed by atoms with Gasteiger partial charge in [0, 0.05) is 18.3 Å². The zero-order valence-electron chi connectivity index (χ0n) is 15.6. The van der Waals surface area contributed by atoms with Crippen molar-refractivity contribution in [3.63, 3.8) is 0 Å². The first-order valence-electron chi connectivity index (χ1n) is 8.83. The highest BCUT2D eigenvalue weighted by molar-refractivity contribution is 6.36. The van der Waals surface area contributed by atoms with E-state index in [2.05, 4.69) is 5.32 Å². The minimum Gasteiger partial charge on any atom is -0.497 e. The molecule has 3 rings (SSSR count). The van der Waals surface area contributed by atoms with Gasteiger partial charge in [0.25, 0.3) is 11.8 Å². The van der Waals surface area contributed by atoms with Crippen LogP contribution < -0.4 is 14.8 Å². The Bertz CT molecular complexity index is 887. The first-order valence-corrected chi connectivity index (χ1v) is 8.83. The van der Waals surface area contributed by atoms with Gasteiger partial charge >= 0.3 is 0 Å². The van der Waals surface area contributed by atoms with Gasteiger partial charge in [0.15, 0.2) is 0 Å². The van der Waals surface area contributed by atoms with Gasteiger partial charge < -0.3 is 14.8 Å². The second-order valence-electron chi connectivity index (χ2n) is 5.92. The molecule has 1 aliphatic heterocycles. The summed E-state index contributed by atoms with van der Waals surface area (Å²) in [7, 11) is 1.58. The van der Waals surface area contributed by atoms with Crippen LogP contribution >= 0.6 is 0 Å². The molecule has 0 spiro atoms. The van der Waals surface area contributed by atoms with Crippen LogP contribution in [0.25, 0.3) is 5.57 Å². The van der Waals surface area contributed by atoms with E-state index in [0.29, 0.717) is 41.5 Å². The molecule has 6 heteroatoms. The Morgan fingerprint density at radius 3 is 2.33 bits per heavy atom. The summed E-state index contributed by atoms with van der Waals surface area (Å²) < 4.78 is 10.7. The summed E-state index contributed by atoms with van der Waals surface area (Å²) in [6.07, 6.45) is 0. The Morgan fingerprint density at radius 1 is 0.963 bits per heavy atom. The molecule has 6 nitrogen and oxygen atoms in total. The Balaban J connectivity index is 2.02. The quantitative estimate of drug-likeness (QED) is 0.762. The largest absolute Gasteiger partial charge is 0.497 e. The molecule has 0 aliphatic carbocycles. The number of methoxy groups -OCH3 is 1. The van der Waals surface area contributed by atoms with Crippen molar-refractivity contribution >= 4 is 23.1 Å². The second-order valence-corrected chi connectivity index (χ2v) is 5.92. The highest BCUT2D eigenvalue weighted by Crippen LogP contribution is 2.31. The molecule has 0 aromatic heterocycles. The van der Waals surface area contributed by atoms with E-state index >= 15 is 0 Å². The van der Waals surface area contributed by atoms with E-state index in [1.54, 1.807) is 44.4 Å². The van der Waals surface area contributed by atoms with Crippen molar-refractivity contribution in [2.45, 2.75) is 13.8 Å². The number of hydrogen-bond donors (Lipinski definition) is 1. The summed E-state index contributed by atoms with van der Waals surface area (Å²) in [6.45, 7) is 4.54. The molecule has 2 aromatic rings. The molecular formula is C21H22N2O4. The van der Waals surface area contributed by atoms with Crippen molar-refractivity contribution in [2.75, 3.05) is 25.6 Å². The lowest BCUT2D eigenvalue weighted by molar-refractivity contribution is -0.136. The van der Waals surface area contributed by atoms with Crippen molar-refractivity contribution in [3.8, 4) is 11.5 Å². The molecule has 140 valence electrons. The fourth-order valence-corrected chi connectivity index (χ4v) is 2.98. The third-order valence-corrected chi connectivity index (χ3v) is 4.28. The number of benzene rings is 2. The highest BCUT2D eigenvalue weighted by Gasteiger charge is 2.38. The van der Waals surface area contributed by atoms with Crippen molar-refractivity contribution in [2.24, 2.45) is 0 Å². The monoisotopic (exact) mass is 366 g/mol. The number of amides is 2. The standard InChI is InChI=1S/C21H22N2O4/c1-4-23-20(24)18(14-9-11-16(26-3)12-10-14)19(21(23)25)22-15-7-6-8-17(13-15)27-5-2/h6-13,22H,4-5H2,1-3H3. The zero-order valence-corrected chi connectivity index (χ0v) is 15.6. The Morgan fingerprint density at radius 2 is 1.70 bits per heavy atom. The van der Waals surface area contributed by atoms with Crippen LogP contribution in [-0.4, -0.2) is 37.0 Å². The third kappa shape index (κ3) is 3.65. The summed E-state index contributed by atoms with van der Waals surface area (Å²) in [6, 6.07) is 14.4. The minimum absolute atomic E-state index is 0.265. The number of hydrogen-bond acceptors (Lipinski definition) is 5.